The fourth-order valence-electron chi connectivity index (χ4n) is 1.86. The minimum atomic E-state index is -0.0287. The molecule has 4 nitrogen and oxygen atoms in total. The van der Waals surface area contributed by atoms with E-state index in [9.17, 15) is 4.79 Å². The third-order valence-electron chi connectivity index (χ3n) is 2.90. The number of ether oxygens (including phenoxy) is 1. The lowest BCUT2D eigenvalue weighted by molar-refractivity contribution is 0.0634. The highest BCUT2D eigenvalue weighted by Crippen LogP contribution is 2.13. The van der Waals surface area contributed by atoms with Crippen LogP contribution in [0, 0.1) is 11.8 Å². The SMILES string of the molecule is COCCN(C(=O)c1ccccc1C#CCN)C(C)C. The van der Waals surface area contributed by atoms with Crippen molar-refractivity contribution in [2.75, 3.05) is 26.8 Å². The number of carbonyl (C=O) groups excluding carboxylic acids is 1. The third-order valence-corrected chi connectivity index (χ3v) is 2.90. The van der Waals surface area contributed by atoms with Gasteiger partial charge in [-0.05, 0) is 26.0 Å². The molecule has 0 radical (unpaired) electrons. The van der Waals surface area contributed by atoms with Crippen LogP contribution in [0.2, 0.25) is 0 Å². The molecule has 1 amide bonds. The summed E-state index contributed by atoms with van der Waals surface area (Å²) in [5.74, 6) is 5.71. The van der Waals surface area contributed by atoms with Crippen molar-refractivity contribution in [3.63, 3.8) is 0 Å². The Kier molecular flexibility index (Phi) is 6.78. The minimum absolute atomic E-state index is 0.0287. The van der Waals surface area contributed by atoms with Crippen LogP contribution in [-0.2, 0) is 4.74 Å². The lowest BCUT2D eigenvalue weighted by Crippen LogP contribution is -2.39. The maximum atomic E-state index is 12.6. The highest BCUT2D eigenvalue weighted by atomic mass is 16.5. The topological polar surface area (TPSA) is 55.6 Å². The highest BCUT2D eigenvalue weighted by Gasteiger charge is 2.20. The molecule has 0 saturated heterocycles. The molecule has 0 heterocycles. The molecule has 0 aromatic heterocycles. The van der Waals surface area contributed by atoms with E-state index in [0.717, 1.165) is 0 Å². The molecule has 20 heavy (non-hydrogen) atoms. The minimum Gasteiger partial charge on any atom is -0.383 e. The van der Waals surface area contributed by atoms with Gasteiger partial charge in [-0.25, -0.2) is 0 Å². The van der Waals surface area contributed by atoms with Crippen LogP contribution < -0.4 is 5.73 Å². The van der Waals surface area contributed by atoms with Crippen molar-refractivity contribution in [1.29, 1.82) is 0 Å². The Morgan fingerprint density at radius 1 is 1.40 bits per heavy atom. The van der Waals surface area contributed by atoms with Gasteiger partial charge < -0.3 is 15.4 Å². The first kappa shape index (κ1) is 16.2. The fourth-order valence-corrected chi connectivity index (χ4v) is 1.86. The number of hydrogen-bond acceptors (Lipinski definition) is 3. The predicted molar refractivity (Wildman–Crippen MR) is 80.4 cm³/mol. The summed E-state index contributed by atoms with van der Waals surface area (Å²) < 4.78 is 5.07. The second kappa shape index (κ2) is 8.36. The third kappa shape index (κ3) is 4.37. The van der Waals surface area contributed by atoms with Crippen molar-refractivity contribution >= 4 is 5.91 Å². The summed E-state index contributed by atoms with van der Waals surface area (Å²) in [5.41, 5.74) is 6.71. The molecule has 0 aliphatic rings. The molecule has 0 bridgehead atoms. The van der Waals surface area contributed by atoms with Gasteiger partial charge in [0.05, 0.1) is 18.7 Å². The van der Waals surface area contributed by atoms with Gasteiger partial charge in [0.25, 0.3) is 5.91 Å². The Hall–Kier alpha value is -1.83. The van der Waals surface area contributed by atoms with E-state index in [2.05, 4.69) is 11.8 Å². The maximum absolute atomic E-state index is 12.6. The summed E-state index contributed by atoms with van der Waals surface area (Å²) in [5, 5.41) is 0. The molecule has 0 aliphatic carbocycles. The quantitative estimate of drug-likeness (QED) is 0.828. The van der Waals surface area contributed by atoms with Gasteiger partial charge in [0, 0.05) is 25.3 Å². The van der Waals surface area contributed by atoms with Gasteiger partial charge in [0.2, 0.25) is 0 Å². The largest absolute Gasteiger partial charge is 0.383 e. The van der Waals surface area contributed by atoms with Crippen LogP contribution in [0.1, 0.15) is 29.8 Å². The van der Waals surface area contributed by atoms with Gasteiger partial charge in [-0.15, -0.1) is 0 Å². The number of benzene rings is 1. The van der Waals surface area contributed by atoms with Crippen molar-refractivity contribution in [3.05, 3.63) is 35.4 Å². The summed E-state index contributed by atoms with van der Waals surface area (Å²) >= 11 is 0. The van der Waals surface area contributed by atoms with E-state index in [4.69, 9.17) is 10.5 Å². The maximum Gasteiger partial charge on any atom is 0.255 e. The Morgan fingerprint density at radius 3 is 2.70 bits per heavy atom. The molecule has 4 heteroatoms. The van der Waals surface area contributed by atoms with Crippen LogP contribution >= 0.6 is 0 Å². The van der Waals surface area contributed by atoms with Gasteiger partial charge in [-0.1, -0.05) is 24.0 Å². The van der Waals surface area contributed by atoms with Crippen LogP contribution in [0.3, 0.4) is 0 Å². The number of nitrogens with two attached hydrogens (primary N) is 1. The molecule has 108 valence electrons. The molecule has 1 rings (SSSR count). The predicted octanol–water partition coefficient (Wildman–Crippen LogP) is 1.49. The van der Waals surface area contributed by atoms with Crippen LogP contribution in [0.4, 0.5) is 0 Å². The van der Waals surface area contributed by atoms with Gasteiger partial charge in [-0.2, -0.15) is 0 Å². The molecule has 2 N–H and O–H groups in total. The van der Waals surface area contributed by atoms with E-state index >= 15 is 0 Å². The normalized spacial score (nSPS) is 10.1. The van der Waals surface area contributed by atoms with E-state index in [1.807, 2.05) is 32.0 Å². The first-order chi connectivity index (χ1) is 9.61. The van der Waals surface area contributed by atoms with E-state index in [1.54, 1.807) is 18.1 Å². The number of rotatable bonds is 5. The first-order valence-corrected chi connectivity index (χ1v) is 6.69. The van der Waals surface area contributed by atoms with Crippen molar-refractivity contribution in [1.82, 2.24) is 4.90 Å². The van der Waals surface area contributed by atoms with Crippen molar-refractivity contribution in [2.45, 2.75) is 19.9 Å². The zero-order chi connectivity index (χ0) is 15.0. The number of amides is 1. The molecule has 0 aliphatic heterocycles. The van der Waals surface area contributed by atoms with Crippen LogP contribution in [0.5, 0.6) is 0 Å². The average Bonchev–Trinajstić information content (AvgIpc) is 2.45. The number of hydrogen-bond donors (Lipinski definition) is 1. The summed E-state index contributed by atoms with van der Waals surface area (Å²) in [6.07, 6.45) is 0. The van der Waals surface area contributed by atoms with Gasteiger partial charge in [0.1, 0.15) is 0 Å². The second-order valence-electron chi connectivity index (χ2n) is 4.64. The zero-order valence-electron chi connectivity index (χ0n) is 12.3. The van der Waals surface area contributed by atoms with Gasteiger partial charge in [-0.3, -0.25) is 4.79 Å². The standard InChI is InChI=1S/C16H22N2O2/c1-13(2)18(11-12-20-3)16(19)15-9-5-4-7-14(15)8-6-10-17/h4-5,7,9,13H,10-12,17H2,1-3H3. The fraction of sp³-hybridized carbons (Fsp3) is 0.438. The monoisotopic (exact) mass is 274 g/mol. The number of methoxy groups -OCH3 is 1. The van der Waals surface area contributed by atoms with Gasteiger partial charge >= 0.3 is 0 Å². The summed E-state index contributed by atoms with van der Waals surface area (Å²) in [7, 11) is 1.63. The van der Waals surface area contributed by atoms with E-state index in [-0.39, 0.29) is 18.5 Å². The van der Waals surface area contributed by atoms with Crippen molar-refractivity contribution in [2.24, 2.45) is 5.73 Å². The molecular formula is C16H22N2O2. The number of carbonyl (C=O) groups is 1. The lowest BCUT2D eigenvalue weighted by Gasteiger charge is -2.27. The highest BCUT2D eigenvalue weighted by molar-refractivity contribution is 5.97. The zero-order valence-corrected chi connectivity index (χ0v) is 12.3. The lowest BCUT2D eigenvalue weighted by atomic mass is 10.1. The molecule has 0 saturated carbocycles. The molecule has 1 aromatic carbocycles. The Morgan fingerprint density at radius 2 is 2.10 bits per heavy atom. The summed E-state index contributed by atoms with van der Waals surface area (Å²) in [6.45, 7) is 5.33. The molecule has 0 atom stereocenters. The van der Waals surface area contributed by atoms with Gasteiger partial charge in [0.15, 0.2) is 0 Å². The van der Waals surface area contributed by atoms with E-state index in [0.29, 0.717) is 24.3 Å². The van der Waals surface area contributed by atoms with E-state index in [1.165, 1.54) is 0 Å². The van der Waals surface area contributed by atoms with Crippen molar-refractivity contribution < 1.29 is 9.53 Å². The molecule has 1 aromatic rings. The van der Waals surface area contributed by atoms with Crippen LogP contribution in [-0.4, -0.2) is 43.7 Å². The van der Waals surface area contributed by atoms with Crippen LogP contribution in [0.15, 0.2) is 24.3 Å². The Labute approximate surface area is 120 Å². The molecule has 0 spiro atoms. The Bertz CT molecular complexity index is 501. The average molecular weight is 274 g/mol. The number of nitrogens with zero attached hydrogens (tertiary/aromatic N) is 1. The molecule has 0 fully saturated rings. The Balaban J connectivity index is 3.05. The van der Waals surface area contributed by atoms with Crippen molar-refractivity contribution in [3.8, 4) is 11.8 Å². The molecule has 0 unspecified atom stereocenters. The smallest absolute Gasteiger partial charge is 0.255 e. The van der Waals surface area contributed by atoms with Crippen LogP contribution in [0.25, 0.3) is 0 Å². The summed E-state index contributed by atoms with van der Waals surface area (Å²) in [6, 6.07) is 7.45. The van der Waals surface area contributed by atoms with E-state index < -0.39 is 0 Å². The second-order valence-corrected chi connectivity index (χ2v) is 4.64. The molecular weight excluding hydrogens is 252 g/mol. The summed E-state index contributed by atoms with van der Waals surface area (Å²) in [4.78, 5) is 14.4. The first-order valence-electron chi connectivity index (χ1n) is 6.69.